The summed E-state index contributed by atoms with van der Waals surface area (Å²) in [5, 5.41) is 10.6. The number of aromatic nitrogens is 12. The predicted octanol–water partition coefficient (Wildman–Crippen LogP) is 21.7. The minimum Gasteiger partial charge on any atom is -0.493 e. The molecule has 21 rings (SSSR count). The molecule has 7 aliphatic heterocycles. The van der Waals surface area contributed by atoms with Crippen LogP contribution in [0.15, 0.2) is 67.2 Å². The third-order valence-electron chi connectivity index (χ3n) is 21.6. The van der Waals surface area contributed by atoms with E-state index in [0.717, 1.165) is 203 Å². The van der Waals surface area contributed by atoms with Crippen molar-refractivity contribution in [1.82, 2.24) is 65.1 Å². The smallest absolute Gasteiger partial charge is 0.221 e. The van der Waals surface area contributed by atoms with Gasteiger partial charge in [0.15, 0.2) is 0 Å². The summed E-state index contributed by atoms with van der Waals surface area (Å²) in [6.07, 6.45) is 9.48. The number of anilines is 6. The van der Waals surface area contributed by atoms with Gasteiger partial charge in [0.05, 0.1) is 151 Å². The number of nitrogen functional groups attached to an aromatic ring is 6. The van der Waals surface area contributed by atoms with E-state index in [0.29, 0.717) is 184 Å². The van der Waals surface area contributed by atoms with Crippen molar-refractivity contribution in [3.05, 3.63) is 205 Å². The van der Waals surface area contributed by atoms with Crippen molar-refractivity contribution in [2.75, 3.05) is 80.7 Å². The summed E-state index contributed by atoms with van der Waals surface area (Å²) >= 11 is 77.0. The van der Waals surface area contributed by atoms with Crippen LogP contribution in [0.1, 0.15) is 105 Å². The van der Waals surface area contributed by atoms with Gasteiger partial charge >= 0.3 is 0 Å². The van der Waals surface area contributed by atoms with Crippen LogP contribution >= 0.6 is 151 Å². The number of nitrogens with zero attached hydrogens (tertiary/aromatic N) is 12. The van der Waals surface area contributed by atoms with E-state index in [9.17, 15) is 0 Å². The van der Waals surface area contributed by atoms with Crippen molar-refractivity contribution >= 4 is 202 Å². The van der Waals surface area contributed by atoms with Gasteiger partial charge in [0.2, 0.25) is 35.7 Å². The van der Waals surface area contributed by atoms with E-state index in [1.807, 2.05) is 52.0 Å². The second-order valence-corrected chi connectivity index (χ2v) is 35.7. The molecule has 13 aromatic rings. The van der Waals surface area contributed by atoms with Crippen molar-refractivity contribution in [2.45, 2.75) is 111 Å². The molecule has 8 aliphatic rings. The first-order chi connectivity index (χ1) is 61.0. The number of thiophene rings is 1. The fourth-order valence-corrected chi connectivity index (χ4v) is 21.3. The molecule has 0 bridgehead atoms. The molecule has 1 aliphatic carbocycles. The van der Waals surface area contributed by atoms with Crippen molar-refractivity contribution in [3.63, 3.8) is 0 Å². The summed E-state index contributed by atoms with van der Waals surface area (Å²) in [4.78, 5) is 53.2. The Hall–Kier alpha value is -9.66. The molecule has 0 radical (unpaired) electrons. The van der Waals surface area contributed by atoms with Crippen LogP contribution in [-0.2, 0) is 75.6 Å². The van der Waals surface area contributed by atoms with Crippen molar-refractivity contribution in [2.24, 2.45) is 0 Å². The number of fused-ring (bicyclic) bond motifs is 9. The molecule has 14 heterocycles. The standard InChI is InChI=1S/C18H15Cl2N3O2S.C16H15Cl2N3O.C14H12Cl2N4O.C14H13Cl2N3O.2C13H11Cl2N3O/c1-3-24-8(2)13-6-10-15(22-18(21)23-17(10)26-13)14-9-4-5-25-16(9)12(20)7-11(14)19;17-10-7-11(18)15-9(5-6-22-15)13(10)14-8-3-1-2-4-12(8)20-16(19)21-14;15-8-3-9(16)13-6(1-2-21-13)11(8)12-7-4-18-5-10(7)19-14(17)20-12;1-2-7-5-11(19-14(17)18-7)12-8-3-4-20-13(8)10(16)6-9(12)15;2*1-6-4-10(18-13(16)17-6)11-7-2-3-19-12(7)9(15)5-8(11)14/h6-7H,2-5H2,1H3,(H2,21,22,23);7H,1-6H2,(H2,19,20,21);3,18H,1-2,4-5H2,(H2,17,19,20);5-6H,2-4H2,1H3,(H2,17,18,19);2*4-5H,2-3H2,1H3,(H2,16,17,18). The number of rotatable bonds is 10. The van der Waals surface area contributed by atoms with E-state index in [4.69, 9.17) is 207 Å². The van der Waals surface area contributed by atoms with Crippen LogP contribution in [0.3, 0.4) is 0 Å². The Labute approximate surface area is 793 Å². The van der Waals surface area contributed by atoms with Crippen molar-refractivity contribution < 1.29 is 33.2 Å². The number of benzene rings is 6. The van der Waals surface area contributed by atoms with Crippen molar-refractivity contribution in [3.8, 4) is 102 Å². The Morgan fingerprint density at radius 2 is 0.693 bits per heavy atom. The molecule has 26 nitrogen and oxygen atoms in total. The number of nitrogens with one attached hydrogen (secondary N) is 1. The largest absolute Gasteiger partial charge is 0.493 e. The lowest BCUT2D eigenvalue weighted by Crippen LogP contribution is -2.12. The summed E-state index contributed by atoms with van der Waals surface area (Å²) in [6, 6.07) is 17.7. The van der Waals surface area contributed by atoms with Gasteiger partial charge in [0.1, 0.15) is 45.1 Å². The van der Waals surface area contributed by atoms with Crippen LogP contribution in [0.2, 0.25) is 60.3 Å². The number of hydrogen-bond acceptors (Lipinski definition) is 27. The molecule has 0 unspecified atom stereocenters. The lowest BCUT2D eigenvalue weighted by Gasteiger charge is -2.20. The minimum absolute atomic E-state index is 0.182. The zero-order valence-corrected chi connectivity index (χ0v) is 78.1. The third kappa shape index (κ3) is 18.8. The van der Waals surface area contributed by atoms with Crippen LogP contribution in [0.4, 0.5) is 35.7 Å². The molecule has 0 saturated carbocycles. The van der Waals surface area contributed by atoms with E-state index in [1.54, 1.807) is 36.4 Å². The van der Waals surface area contributed by atoms with Gasteiger partial charge in [-0.05, 0) is 114 Å². The quantitative estimate of drug-likeness (QED) is 0.0625. The highest BCUT2D eigenvalue weighted by Crippen LogP contribution is 2.53. The van der Waals surface area contributed by atoms with Gasteiger partial charge in [-0.15, -0.1) is 11.3 Å². The lowest BCUT2D eigenvalue weighted by molar-refractivity contribution is 0.300. The fourth-order valence-electron chi connectivity index (χ4n) is 16.4. The van der Waals surface area contributed by atoms with Gasteiger partial charge in [0.25, 0.3) is 0 Å². The van der Waals surface area contributed by atoms with E-state index < -0.39 is 0 Å². The Bertz CT molecular complexity index is 6480. The molecule has 0 amide bonds. The van der Waals surface area contributed by atoms with Crippen LogP contribution < -0.4 is 68.1 Å². The van der Waals surface area contributed by atoms with E-state index in [1.165, 1.54) is 16.9 Å². The Morgan fingerprint density at radius 3 is 1.09 bits per heavy atom. The van der Waals surface area contributed by atoms with Crippen LogP contribution in [-0.4, -0.2) is 106 Å². The molecule has 6 aromatic carbocycles. The molecular formula is C88H77Cl12N19O7S. The highest BCUT2D eigenvalue weighted by Gasteiger charge is 2.34. The Balaban J connectivity index is 0.000000112. The number of aryl methyl sites for hydroxylation is 4. The second kappa shape index (κ2) is 38.6. The maximum Gasteiger partial charge on any atom is 0.221 e. The van der Waals surface area contributed by atoms with E-state index in [-0.39, 0.29) is 29.7 Å². The lowest BCUT2D eigenvalue weighted by atomic mass is 9.90. The summed E-state index contributed by atoms with van der Waals surface area (Å²) < 4.78 is 39.1. The summed E-state index contributed by atoms with van der Waals surface area (Å²) in [7, 11) is 0. The van der Waals surface area contributed by atoms with Gasteiger partial charge in [-0.2, -0.15) is 0 Å². The summed E-state index contributed by atoms with van der Waals surface area (Å²) in [6.45, 7) is 17.1. The molecule has 127 heavy (non-hydrogen) atoms. The van der Waals surface area contributed by atoms with Gasteiger partial charge in [-0.1, -0.05) is 153 Å². The molecule has 0 spiro atoms. The highest BCUT2D eigenvalue weighted by atomic mass is 35.5. The van der Waals surface area contributed by atoms with E-state index >= 15 is 0 Å². The average molecular weight is 1970 g/mol. The Kier molecular flexibility index (Phi) is 27.5. The van der Waals surface area contributed by atoms with Crippen molar-refractivity contribution in [1.29, 1.82) is 0 Å². The minimum atomic E-state index is 0.182. The summed E-state index contributed by atoms with van der Waals surface area (Å²) in [5.41, 5.74) is 57.0. The SMILES string of the molecule is C=C(OCC)c1cc2c(-c3c(Cl)cc(Cl)c4c3CCO4)nc(N)nc2s1.CCc1cc(-c2c(Cl)cc(Cl)c3c2CCO3)nc(N)n1.Cc1cc(-c2c(Cl)cc(Cl)c3c2CCO3)nc(N)n1.Cc1cc(-c2c(Cl)cc(Cl)c3c2CCO3)nc(N)n1.Nc1nc2c(c(-c3c(Cl)cc(Cl)c4c3CCO4)n1)CCCC2.Nc1nc2c(c(-c3c(Cl)cc(Cl)c4c3CCO4)n1)CNC2. The maximum absolute atomic E-state index is 6.54. The van der Waals surface area contributed by atoms with E-state index in [2.05, 4.69) is 71.7 Å². The zero-order valence-electron chi connectivity index (χ0n) is 68.3. The number of nitrogens with two attached hydrogens (primary N) is 6. The normalized spacial score (nSPS) is 14.0. The first-order valence-corrected chi connectivity index (χ1v) is 45.5. The fraction of sp³-hybridized carbons (Fsp3) is 0.273. The monoisotopic (exact) mass is 1960 g/mol. The molecule has 0 atom stereocenters. The number of ether oxygens (including phenoxy) is 7. The van der Waals surface area contributed by atoms with Gasteiger partial charge in [-0.25, -0.2) is 59.8 Å². The van der Waals surface area contributed by atoms with Crippen LogP contribution in [0.25, 0.3) is 83.5 Å². The molecule has 13 N–H and O–H groups in total. The van der Waals surface area contributed by atoms with Gasteiger partial charge in [-0.3, -0.25) is 0 Å². The molecule has 656 valence electrons. The molecular weight excluding hydrogens is 1890 g/mol. The molecule has 7 aromatic heterocycles. The first-order valence-electron chi connectivity index (χ1n) is 40.1. The van der Waals surface area contributed by atoms with Crippen LogP contribution in [0.5, 0.6) is 34.5 Å². The molecule has 0 saturated heterocycles. The topological polar surface area (TPSA) is 387 Å². The zero-order chi connectivity index (χ0) is 89.7. The maximum atomic E-state index is 6.54. The Morgan fingerprint density at radius 1 is 0.354 bits per heavy atom. The van der Waals surface area contributed by atoms with Crippen LogP contribution in [0, 0.1) is 13.8 Å². The number of hydrogen-bond donors (Lipinski definition) is 7. The number of halogens is 12. The second-order valence-electron chi connectivity index (χ2n) is 29.8. The summed E-state index contributed by atoms with van der Waals surface area (Å²) in [5.74, 6) is 6.20. The van der Waals surface area contributed by atoms with Gasteiger partial charge in [0, 0.05) is 158 Å². The molecule has 0 fully saturated rings. The average Bonchev–Trinajstić information content (AvgIpc) is 1.73. The third-order valence-corrected chi connectivity index (χ3v) is 26.1. The highest BCUT2D eigenvalue weighted by molar-refractivity contribution is 7.19. The predicted molar refractivity (Wildman–Crippen MR) is 509 cm³/mol. The molecule has 39 heteroatoms. The van der Waals surface area contributed by atoms with Gasteiger partial charge < -0.3 is 72.9 Å². The first kappa shape index (κ1) is 90.7.